The quantitative estimate of drug-likeness (QED) is 0.628. The minimum atomic E-state index is 0.224. The predicted molar refractivity (Wildman–Crippen MR) is 57.0 cm³/mol. The molecule has 13 heavy (non-hydrogen) atoms. The maximum Gasteiger partial charge on any atom is 0.0456 e. The summed E-state index contributed by atoms with van der Waals surface area (Å²) in [6, 6.07) is 8.58. The molecular formula is C12H15N. The van der Waals surface area contributed by atoms with Gasteiger partial charge in [-0.05, 0) is 23.1 Å². The van der Waals surface area contributed by atoms with Crippen LogP contribution in [0.5, 0.6) is 0 Å². The largest absolute Gasteiger partial charge is 0.361 e. The van der Waals surface area contributed by atoms with E-state index in [9.17, 15) is 0 Å². The number of aromatic nitrogens is 1. The van der Waals surface area contributed by atoms with Gasteiger partial charge in [-0.2, -0.15) is 0 Å². The van der Waals surface area contributed by atoms with Crippen molar-refractivity contribution in [2.75, 3.05) is 0 Å². The van der Waals surface area contributed by atoms with Gasteiger partial charge in [0.05, 0.1) is 0 Å². The molecule has 2 rings (SSSR count). The molecule has 0 atom stereocenters. The van der Waals surface area contributed by atoms with Crippen molar-refractivity contribution in [1.29, 1.82) is 0 Å². The first-order valence-corrected chi connectivity index (χ1v) is 4.65. The summed E-state index contributed by atoms with van der Waals surface area (Å²) >= 11 is 0. The van der Waals surface area contributed by atoms with Gasteiger partial charge < -0.3 is 4.98 Å². The van der Waals surface area contributed by atoms with Crippen LogP contribution in [0.25, 0.3) is 10.9 Å². The highest BCUT2D eigenvalue weighted by molar-refractivity contribution is 5.83. The van der Waals surface area contributed by atoms with Crippen LogP contribution in [-0.4, -0.2) is 4.98 Å². The maximum atomic E-state index is 3.23. The molecule has 1 heteroatoms. The molecule has 1 aromatic carbocycles. The third kappa shape index (κ3) is 1.35. The number of fused-ring (bicyclic) bond motifs is 1. The molecule has 0 radical (unpaired) electrons. The van der Waals surface area contributed by atoms with E-state index in [1.165, 1.54) is 16.5 Å². The number of rotatable bonds is 0. The standard InChI is InChI=1S/C12H15N/c1-12(2,3)10-5-4-6-11-9(10)7-8-13-11/h4-8,13H,1-3H3. The normalized spacial score (nSPS) is 12.2. The summed E-state index contributed by atoms with van der Waals surface area (Å²) in [5.74, 6) is 0. The number of hydrogen-bond acceptors (Lipinski definition) is 0. The third-order valence-electron chi connectivity index (χ3n) is 2.40. The first-order valence-electron chi connectivity index (χ1n) is 4.65. The topological polar surface area (TPSA) is 15.8 Å². The van der Waals surface area contributed by atoms with Crippen LogP contribution in [0.15, 0.2) is 30.5 Å². The summed E-state index contributed by atoms with van der Waals surface area (Å²) in [6.07, 6.45) is 2.00. The molecule has 0 unspecified atom stereocenters. The van der Waals surface area contributed by atoms with E-state index in [0.717, 1.165) is 0 Å². The Morgan fingerprint density at radius 3 is 2.54 bits per heavy atom. The van der Waals surface area contributed by atoms with Crippen molar-refractivity contribution in [1.82, 2.24) is 4.98 Å². The zero-order valence-electron chi connectivity index (χ0n) is 8.39. The first kappa shape index (κ1) is 8.36. The number of nitrogens with one attached hydrogen (secondary N) is 1. The Hall–Kier alpha value is -1.24. The van der Waals surface area contributed by atoms with Crippen LogP contribution < -0.4 is 0 Å². The molecule has 68 valence electrons. The van der Waals surface area contributed by atoms with Gasteiger partial charge in [-0.25, -0.2) is 0 Å². The van der Waals surface area contributed by atoms with Crippen LogP contribution in [0.3, 0.4) is 0 Å². The lowest BCUT2D eigenvalue weighted by molar-refractivity contribution is 0.596. The molecule has 0 saturated carbocycles. The van der Waals surface area contributed by atoms with E-state index in [0.29, 0.717) is 0 Å². The number of hydrogen-bond donors (Lipinski definition) is 1. The minimum absolute atomic E-state index is 0.224. The van der Waals surface area contributed by atoms with Crippen molar-refractivity contribution in [2.45, 2.75) is 26.2 Å². The molecule has 0 spiro atoms. The van der Waals surface area contributed by atoms with Crippen molar-refractivity contribution >= 4 is 10.9 Å². The molecule has 1 N–H and O–H groups in total. The summed E-state index contributed by atoms with van der Waals surface area (Å²) in [6.45, 7) is 6.73. The van der Waals surface area contributed by atoms with Crippen molar-refractivity contribution in [3.05, 3.63) is 36.0 Å². The lowest BCUT2D eigenvalue weighted by atomic mass is 9.85. The van der Waals surface area contributed by atoms with Crippen molar-refractivity contribution in [3.63, 3.8) is 0 Å². The van der Waals surface area contributed by atoms with Gasteiger partial charge in [-0.1, -0.05) is 32.9 Å². The van der Waals surface area contributed by atoms with Crippen LogP contribution >= 0.6 is 0 Å². The second kappa shape index (κ2) is 2.63. The highest BCUT2D eigenvalue weighted by Crippen LogP contribution is 2.28. The molecular weight excluding hydrogens is 158 g/mol. The van der Waals surface area contributed by atoms with Crippen molar-refractivity contribution in [2.24, 2.45) is 0 Å². The number of H-pyrrole nitrogens is 1. The molecule has 0 amide bonds. The summed E-state index contributed by atoms with van der Waals surface area (Å²) in [5, 5.41) is 1.34. The van der Waals surface area contributed by atoms with Gasteiger partial charge in [0.15, 0.2) is 0 Å². The molecule has 2 aromatic rings. The highest BCUT2D eigenvalue weighted by Gasteiger charge is 2.16. The summed E-state index contributed by atoms with van der Waals surface area (Å²) in [7, 11) is 0. The summed E-state index contributed by atoms with van der Waals surface area (Å²) in [5.41, 5.74) is 2.86. The van der Waals surface area contributed by atoms with Crippen molar-refractivity contribution < 1.29 is 0 Å². The highest BCUT2D eigenvalue weighted by atomic mass is 14.7. The first-order chi connectivity index (χ1) is 6.09. The van der Waals surface area contributed by atoms with Gasteiger partial charge in [-0.15, -0.1) is 0 Å². The van der Waals surface area contributed by atoms with E-state index >= 15 is 0 Å². The Balaban J connectivity index is 2.75. The zero-order valence-corrected chi connectivity index (χ0v) is 8.39. The van der Waals surface area contributed by atoms with E-state index in [1.807, 2.05) is 6.20 Å². The average molecular weight is 173 g/mol. The molecule has 0 aliphatic rings. The van der Waals surface area contributed by atoms with E-state index in [-0.39, 0.29) is 5.41 Å². The summed E-state index contributed by atoms with van der Waals surface area (Å²) < 4.78 is 0. The average Bonchev–Trinajstić information content (AvgIpc) is 2.48. The SMILES string of the molecule is CC(C)(C)c1cccc2[nH]ccc12. The lowest BCUT2D eigenvalue weighted by Gasteiger charge is -2.19. The molecule has 0 aliphatic heterocycles. The van der Waals surface area contributed by atoms with Crippen LogP contribution in [-0.2, 0) is 5.41 Å². The second-order valence-electron chi connectivity index (χ2n) is 4.49. The fourth-order valence-corrected chi connectivity index (χ4v) is 1.74. The van der Waals surface area contributed by atoms with Crippen LogP contribution in [0.2, 0.25) is 0 Å². The minimum Gasteiger partial charge on any atom is -0.361 e. The summed E-state index contributed by atoms with van der Waals surface area (Å²) in [4.78, 5) is 3.23. The van der Waals surface area contributed by atoms with Gasteiger partial charge in [-0.3, -0.25) is 0 Å². The Kier molecular flexibility index (Phi) is 1.69. The molecule has 0 aliphatic carbocycles. The monoisotopic (exact) mass is 173 g/mol. The smallest absolute Gasteiger partial charge is 0.0456 e. The number of benzene rings is 1. The van der Waals surface area contributed by atoms with E-state index in [1.54, 1.807) is 0 Å². The zero-order chi connectivity index (χ0) is 9.47. The van der Waals surface area contributed by atoms with Crippen LogP contribution in [0.1, 0.15) is 26.3 Å². The van der Waals surface area contributed by atoms with Crippen LogP contribution in [0.4, 0.5) is 0 Å². The predicted octanol–water partition coefficient (Wildman–Crippen LogP) is 3.47. The fourth-order valence-electron chi connectivity index (χ4n) is 1.74. The number of aromatic amines is 1. The Morgan fingerprint density at radius 1 is 1.08 bits per heavy atom. The third-order valence-corrected chi connectivity index (χ3v) is 2.40. The molecule has 1 nitrogen and oxygen atoms in total. The second-order valence-corrected chi connectivity index (χ2v) is 4.49. The molecule has 0 saturated heterocycles. The Bertz CT molecular complexity index is 418. The van der Waals surface area contributed by atoms with Gasteiger partial charge in [0.1, 0.15) is 0 Å². The van der Waals surface area contributed by atoms with Crippen LogP contribution in [0, 0.1) is 0 Å². The van der Waals surface area contributed by atoms with E-state index in [4.69, 9.17) is 0 Å². The molecule has 1 heterocycles. The van der Waals surface area contributed by atoms with Gasteiger partial charge in [0.25, 0.3) is 0 Å². The van der Waals surface area contributed by atoms with Gasteiger partial charge in [0.2, 0.25) is 0 Å². The van der Waals surface area contributed by atoms with E-state index in [2.05, 4.69) is 50.0 Å². The Labute approximate surface area is 78.8 Å². The van der Waals surface area contributed by atoms with E-state index < -0.39 is 0 Å². The molecule has 0 bridgehead atoms. The lowest BCUT2D eigenvalue weighted by Crippen LogP contribution is -2.10. The van der Waals surface area contributed by atoms with Gasteiger partial charge >= 0.3 is 0 Å². The Morgan fingerprint density at radius 2 is 1.85 bits per heavy atom. The molecule has 1 aromatic heterocycles. The van der Waals surface area contributed by atoms with Crippen molar-refractivity contribution in [3.8, 4) is 0 Å². The van der Waals surface area contributed by atoms with Gasteiger partial charge in [0, 0.05) is 17.1 Å². The molecule has 0 fully saturated rings. The fraction of sp³-hybridized carbons (Fsp3) is 0.333. The maximum absolute atomic E-state index is 3.23.